The van der Waals surface area contributed by atoms with Crippen LogP contribution in [0.2, 0.25) is 0 Å². The quantitative estimate of drug-likeness (QED) is 0.665. The van der Waals surface area contributed by atoms with Gasteiger partial charge in [0.2, 0.25) is 5.91 Å². The van der Waals surface area contributed by atoms with Crippen molar-refractivity contribution in [3.8, 4) is 0 Å². The smallest absolute Gasteiger partial charge is 0.230 e. The standard InChI is InChI=1S/C11H16N2O2S/c1-16-7-11(15)13-6-10(14)8-2-4-9(12)5-3-8/h2-5,10,14H,6-7,12H2,1H3,(H,13,15). The first-order valence-corrected chi connectivity index (χ1v) is 6.32. The van der Waals surface area contributed by atoms with Crippen LogP contribution < -0.4 is 11.1 Å². The molecule has 1 aromatic carbocycles. The number of aliphatic hydroxyl groups excluding tert-OH is 1. The number of nitrogens with two attached hydrogens (primary N) is 1. The normalized spacial score (nSPS) is 12.1. The number of aliphatic hydroxyl groups is 1. The van der Waals surface area contributed by atoms with Crippen molar-refractivity contribution < 1.29 is 9.90 Å². The molecule has 16 heavy (non-hydrogen) atoms. The summed E-state index contributed by atoms with van der Waals surface area (Å²) in [4.78, 5) is 11.2. The fourth-order valence-electron chi connectivity index (χ4n) is 1.23. The summed E-state index contributed by atoms with van der Waals surface area (Å²) in [7, 11) is 0. The summed E-state index contributed by atoms with van der Waals surface area (Å²) < 4.78 is 0. The van der Waals surface area contributed by atoms with E-state index in [-0.39, 0.29) is 12.5 Å². The Labute approximate surface area is 99.2 Å². The average Bonchev–Trinajstić information content (AvgIpc) is 2.27. The number of thioether (sulfide) groups is 1. The van der Waals surface area contributed by atoms with Gasteiger partial charge in [-0.2, -0.15) is 11.8 Å². The van der Waals surface area contributed by atoms with Gasteiger partial charge in [-0.15, -0.1) is 0 Å². The lowest BCUT2D eigenvalue weighted by atomic mass is 10.1. The van der Waals surface area contributed by atoms with Gasteiger partial charge in [-0.3, -0.25) is 4.79 Å². The zero-order chi connectivity index (χ0) is 12.0. The number of nitrogen functional groups attached to an aromatic ring is 1. The Balaban J connectivity index is 2.43. The third-order valence-electron chi connectivity index (χ3n) is 2.09. The molecule has 0 aliphatic carbocycles. The van der Waals surface area contributed by atoms with E-state index in [4.69, 9.17) is 5.73 Å². The van der Waals surface area contributed by atoms with Crippen molar-refractivity contribution in [2.45, 2.75) is 6.10 Å². The second-order valence-corrected chi connectivity index (χ2v) is 4.29. The number of amides is 1. The monoisotopic (exact) mass is 240 g/mol. The van der Waals surface area contributed by atoms with E-state index < -0.39 is 6.10 Å². The highest BCUT2D eigenvalue weighted by Crippen LogP contribution is 2.13. The minimum absolute atomic E-state index is 0.0676. The fourth-order valence-corrected chi connectivity index (χ4v) is 1.59. The molecule has 0 heterocycles. The van der Waals surface area contributed by atoms with Gasteiger partial charge in [0.05, 0.1) is 11.9 Å². The van der Waals surface area contributed by atoms with Crippen LogP contribution in [0.1, 0.15) is 11.7 Å². The molecule has 4 N–H and O–H groups in total. The molecule has 1 atom stereocenters. The molecule has 1 aromatic rings. The molecule has 0 saturated carbocycles. The van der Waals surface area contributed by atoms with Gasteiger partial charge in [-0.1, -0.05) is 12.1 Å². The molecule has 1 unspecified atom stereocenters. The summed E-state index contributed by atoms with van der Waals surface area (Å²) in [5.74, 6) is 0.344. The van der Waals surface area contributed by atoms with Crippen LogP contribution in [0.3, 0.4) is 0 Å². The van der Waals surface area contributed by atoms with E-state index in [2.05, 4.69) is 5.32 Å². The molecule has 1 rings (SSSR count). The summed E-state index contributed by atoms with van der Waals surface area (Å²) >= 11 is 1.45. The number of anilines is 1. The van der Waals surface area contributed by atoms with Crippen molar-refractivity contribution in [1.29, 1.82) is 0 Å². The lowest BCUT2D eigenvalue weighted by molar-refractivity contribution is -0.119. The number of benzene rings is 1. The lowest BCUT2D eigenvalue weighted by Gasteiger charge is -2.12. The molecule has 1 amide bonds. The van der Waals surface area contributed by atoms with Crippen LogP contribution >= 0.6 is 11.8 Å². The van der Waals surface area contributed by atoms with E-state index in [1.54, 1.807) is 24.3 Å². The van der Waals surface area contributed by atoms with E-state index in [0.717, 1.165) is 5.56 Å². The Kier molecular flexibility index (Phi) is 5.14. The van der Waals surface area contributed by atoms with Crippen molar-refractivity contribution in [2.75, 3.05) is 24.3 Å². The lowest BCUT2D eigenvalue weighted by Crippen LogP contribution is -2.29. The number of nitrogens with one attached hydrogen (secondary N) is 1. The molecular formula is C11H16N2O2S. The Morgan fingerprint density at radius 1 is 1.50 bits per heavy atom. The molecule has 0 aliphatic heterocycles. The van der Waals surface area contributed by atoms with Crippen molar-refractivity contribution in [1.82, 2.24) is 5.32 Å². The predicted octanol–water partition coefficient (Wildman–Crippen LogP) is 0.781. The summed E-state index contributed by atoms with van der Waals surface area (Å²) in [6, 6.07) is 6.95. The second-order valence-electron chi connectivity index (χ2n) is 3.42. The minimum atomic E-state index is -0.689. The summed E-state index contributed by atoms with van der Waals surface area (Å²) in [5.41, 5.74) is 6.94. The van der Waals surface area contributed by atoms with Gasteiger partial charge in [-0.05, 0) is 24.0 Å². The third kappa shape index (κ3) is 4.12. The Morgan fingerprint density at radius 3 is 2.69 bits per heavy atom. The van der Waals surface area contributed by atoms with Crippen molar-refractivity contribution in [2.24, 2.45) is 0 Å². The molecule has 88 valence electrons. The van der Waals surface area contributed by atoms with Gasteiger partial charge in [0.15, 0.2) is 0 Å². The van der Waals surface area contributed by atoms with Crippen LogP contribution in [-0.4, -0.2) is 29.6 Å². The maximum absolute atomic E-state index is 11.2. The third-order valence-corrected chi connectivity index (χ3v) is 2.64. The summed E-state index contributed by atoms with van der Waals surface area (Å²) in [6.45, 7) is 0.226. The summed E-state index contributed by atoms with van der Waals surface area (Å²) in [5, 5.41) is 12.4. The second kappa shape index (κ2) is 6.40. The molecule has 0 bridgehead atoms. The van der Waals surface area contributed by atoms with Crippen LogP contribution in [0.15, 0.2) is 24.3 Å². The van der Waals surface area contributed by atoms with Gasteiger partial charge < -0.3 is 16.2 Å². The molecule has 0 aromatic heterocycles. The highest BCUT2D eigenvalue weighted by molar-refractivity contribution is 7.99. The summed E-state index contributed by atoms with van der Waals surface area (Å²) in [6.07, 6.45) is 1.17. The van der Waals surface area contributed by atoms with Crippen LogP contribution in [0.5, 0.6) is 0 Å². The Hall–Kier alpha value is -1.20. The van der Waals surface area contributed by atoms with Crippen molar-refractivity contribution >= 4 is 23.4 Å². The van der Waals surface area contributed by atoms with Crippen LogP contribution in [-0.2, 0) is 4.79 Å². The van der Waals surface area contributed by atoms with Crippen LogP contribution in [0.25, 0.3) is 0 Å². The van der Waals surface area contributed by atoms with Crippen LogP contribution in [0, 0.1) is 0 Å². The molecule has 0 aliphatic rings. The highest BCUT2D eigenvalue weighted by atomic mass is 32.2. The SMILES string of the molecule is CSCC(=O)NCC(O)c1ccc(N)cc1. The Morgan fingerprint density at radius 2 is 2.12 bits per heavy atom. The predicted molar refractivity (Wildman–Crippen MR) is 67.2 cm³/mol. The van der Waals surface area contributed by atoms with E-state index in [1.165, 1.54) is 11.8 Å². The largest absolute Gasteiger partial charge is 0.399 e. The zero-order valence-electron chi connectivity index (χ0n) is 9.14. The molecule has 5 heteroatoms. The number of carbonyl (C=O) groups excluding carboxylic acids is 1. The molecule has 0 saturated heterocycles. The van der Waals surface area contributed by atoms with Crippen molar-refractivity contribution in [3.05, 3.63) is 29.8 Å². The van der Waals surface area contributed by atoms with Gasteiger partial charge >= 0.3 is 0 Å². The number of rotatable bonds is 5. The van der Waals surface area contributed by atoms with Gasteiger partial charge in [0, 0.05) is 12.2 Å². The number of carbonyl (C=O) groups is 1. The van der Waals surface area contributed by atoms with Crippen LogP contribution in [0.4, 0.5) is 5.69 Å². The minimum Gasteiger partial charge on any atom is -0.399 e. The Bertz CT molecular complexity index is 340. The first kappa shape index (κ1) is 12.9. The van der Waals surface area contributed by atoms with E-state index in [9.17, 15) is 9.90 Å². The molecule has 0 radical (unpaired) electrons. The number of hydrogen-bond donors (Lipinski definition) is 3. The van der Waals surface area contributed by atoms with Crippen molar-refractivity contribution in [3.63, 3.8) is 0 Å². The van der Waals surface area contributed by atoms with Gasteiger partial charge in [0.1, 0.15) is 0 Å². The van der Waals surface area contributed by atoms with E-state index >= 15 is 0 Å². The molecule has 0 spiro atoms. The topological polar surface area (TPSA) is 75.3 Å². The maximum atomic E-state index is 11.2. The fraction of sp³-hybridized carbons (Fsp3) is 0.364. The maximum Gasteiger partial charge on any atom is 0.230 e. The molecule has 4 nitrogen and oxygen atoms in total. The first-order valence-electron chi connectivity index (χ1n) is 4.92. The van der Waals surface area contributed by atoms with Gasteiger partial charge in [0.25, 0.3) is 0 Å². The molecule has 0 fully saturated rings. The number of hydrogen-bond acceptors (Lipinski definition) is 4. The van der Waals surface area contributed by atoms with Gasteiger partial charge in [-0.25, -0.2) is 0 Å². The average molecular weight is 240 g/mol. The highest BCUT2D eigenvalue weighted by Gasteiger charge is 2.08. The van der Waals surface area contributed by atoms with E-state index in [1.807, 2.05) is 6.26 Å². The van der Waals surface area contributed by atoms with E-state index in [0.29, 0.717) is 11.4 Å². The zero-order valence-corrected chi connectivity index (χ0v) is 9.96. The molecular weight excluding hydrogens is 224 g/mol. The first-order chi connectivity index (χ1) is 7.63.